The van der Waals surface area contributed by atoms with Gasteiger partial charge < -0.3 is 5.32 Å². The van der Waals surface area contributed by atoms with Gasteiger partial charge in [-0.3, -0.25) is 4.79 Å². The lowest BCUT2D eigenvalue weighted by Gasteiger charge is -2.14. The summed E-state index contributed by atoms with van der Waals surface area (Å²) in [5.41, 5.74) is 2.51. The van der Waals surface area contributed by atoms with Crippen LogP contribution in [0.25, 0.3) is 0 Å². The molecule has 0 aliphatic heterocycles. The van der Waals surface area contributed by atoms with E-state index in [2.05, 4.69) is 36.5 Å². The van der Waals surface area contributed by atoms with E-state index in [9.17, 15) is 4.79 Å². The molecule has 0 aliphatic carbocycles. The van der Waals surface area contributed by atoms with Gasteiger partial charge in [-0.15, -0.1) is 11.6 Å². The second-order valence-electron chi connectivity index (χ2n) is 4.45. The minimum Gasteiger partial charge on any atom is -0.353 e. The van der Waals surface area contributed by atoms with Gasteiger partial charge in [0.05, 0.1) is 0 Å². The Morgan fingerprint density at radius 1 is 1.35 bits per heavy atom. The second-order valence-corrected chi connectivity index (χ2v) is 4.83. The Bertz CT molecular complexity index is 348. The number of halogens is 1. The quantitative estimate of drug-likeness (QED) is 0.776. The third-order valence-electron chi connectivity index (χ3n) is 2.61. The lowest BCUT2D eigenvalue weighted by atomic mass is 10.1. The highest BCUT2D eigenvalue weighted by atomic mass is 35.5. The first-order valence-electron chi connectivity index (χ1n) is 6.02. The van der Waals surface area contributed by atoms with Gasteiger partial charge in [-0.1, -0.05) is 29.8 Å². The van der Waals surface area contributed by atoms with Gasteiger partial charge in [0.2, 0.25) is 5.91 Å². The van der Waals surface area contributed by atoms with Crippen LogP contribution in [-0.2, 0) is 11.2 Å². The SMILES string of the molecule is Cc1ccc(CC(C)NC(=O)CCCCl)cc1. The van der Waals surface area contributed by atoms with Crippen LogP contribution < -0.4 is 5.32 Å². The topological polar surface area (TPSA) is 29.1 Å². The van der Waals surface area contributed by atoms with Crippen molar-refractivity contribution in [1.82, 2.24) is 5.32 Å². The molecule has 17 heavy (non-hydrogen) atoms. The molecule has 1 rings (SSSR count). The van der Waals surface area contributed by atoms with Crippen molar-refractivity contribution in [3.63, 3.8) is 0 Å². The number of hydrogen-bond acceptors (Lipinski definition) is 1. The van der Waals surface area contributed by atoms with Gasteiger partial charge in [-0.2, -0.15) is 0 Å². The first-order valence-corrected chi connectivity index (χ1v) is 6.56. The van der Waals surface area contributed by atoms with E-state index in [0.29, 0.717) is 12.3 Å². The molecule has 94 valence electrons. The molecule has 0 saturated heterocycles. The van der Waals surface area contributed by atoms with Gasteiger partial charge in [0.15, 0.2) is 0 Å². The summed E-state index contributed by atoms with van der Waals surface area (Å²) >= 11 is 5.55. The van der Waals surface area contributed by atoms with Crippen LogP contribution in [0, 0.1) is 6.92 Å². The van der Waals surface area contributed by atoms with Crippen molar-refractivity contribution in [3.05, 3.63) is 35.4 Å². The standard InChI is InChI=1S/C14H20ClNO/c1-11-5-7-13(8-6-11)10-12(2)16-14(17)4-3-9-15/h5-8,12H,3-4,9-10H2,1-2H3,(H,16,17). The molecule has 0 heterocycles. The third-order valence-corrected chi connectivity index (χ3v) is 2.87. The van der Waals surface area contributed by atoms with E-state index in [1.165, 1.54) is 11.1 Å². The molecule has 0 bridgehead atoms. The number of rotatable bonds is 6. The Morgan fingerprint density at radius 2 is 2.00 bits per heavy atom. The molecule has 1 aromatic rings. The average Bonchev–Trinajstić information content (AvgIpc) is 2.29. The van der Waals surface area contributed by atoms with Crippen molar-refractivity contribution >= 4 is 17.5 Å². The minimum atomic E-state index is 0.0882. The van der Waals surface area contributed by atoms with Crippen LogP contribution in [0.15, 0.2) is 24.3 Å². The third kappa shape index (κ3) is 5.73. The smallest absolute Gasteiger partial charge is 0.220 e. The fourth-order valence-electron chi connectivity index (χ4n) is 1.70. The maximum Gasteiger partial charge on any atom is 0.220 e. The zero-order chi connectivity index (χ0) is 12.7. The summed E-state index contributed by atoms with van der Waals surface area (Å²) in [5.74, 6) is 0.630. The Kier molecular flexibility index (Phi) is 6.06. The molecule has 1 amide bonds. The zero-order valence-corrected chi connectivity index (χ0v) is 11.3. The molecule has 0 radical (unpaired) electrons. The summed E-state index contributed by atoms with van der Waals surface area (Å²) in [7, 11) is 0. The second kappa shape index (κ2) is 7.33. The number of benzene rings is 1. The summed E-state index contributed by atoms with van der Waals surface area (Å²) in [6.07, 6.45) is 2.12. The average molecular weight is 254 g/mol. The first kappa shape index (κ1) is 14.0. The number of hydrogen-bond donors (Lipinski definition) is 1. The molecule has 0 saturated carbocycles. The molecule has 2 nitrogen and oxygen atoms in total. The van der Waals surface area contributed by atoms with Gasteiger partial charge in [-0.05, 0) is 32.3 Å². The fourth-order valence-corrected chi connectivity index (χ4v) is 1.84. The van der Waals surface area contributed by atoms with Gasteiger partial charge in [0.25, 0.3) is 0 Å². The maximum atomic E-state index is 11.5. The fraction of sp³-hybridized carbons (Fsp3) is 0.500. The highest BCUT2D eigenvalue weighted by molar-refractivity contribution is 6.17. The molecular formula is C14H20ClNO. The lowest BCUT2D eigenvalue weighted by Crippen LogP contribution is -2.33. The van der Waals surface area contributed by atoms with E-state index in [0.717, 1.165) is 12.8 Å². The van der Waals surface area contributed by atoms with Crippen molar-refractivity contribution in [2.75, 3.05) is 5.88 Å². The molecule has 0 spiro atoms. The van der Waals surface area contributed by atoms with Gasteiger partial charge in [0.1, 0.15) is 0 Å². The van der Waals surface area contributed by atoms with Gasteiger partial charge >= 0.3 is 0 Å². The highest BCUT2D eigenvalue weighted by Gasteiger charge is 2.07. The monoisotopic (exact) mass is 253 g/mol. The van der Waals surface area contributed by atoms with E-state index in [4.69, 9.17) is 11.6 Å². The Labute approximate surface area is 108 Å². The molecule has 1 unspecified atom stereocenters. The number of amides is 1. The molecule has 0 aromatic heterocycles. The van der Waals surface area contributed by atoms with Crippen LogP contribution in [-0.4, -0.2) is 17.8 Å². The summed E-state index contributed by atoms with van der Waals surface area (Å²) in [4.78, 5) is 11.5. The summed E-state index contributed by atoms with van der Waals surface area (Å²) in [6, 6.07) is 8.57. The van der Waals surface area contributed by atoms with Crippen molar-refractivity contribution in [2.24, 2.45) is 0 Å². The summed E-state index contributed by atoms with van der Waals surface area (Å²) < 4.78 is 0. The molecule has 3 heteroatoms. The largest absolute Gasteiger partial charge is 0.353 e. The predicted octanol–water partition coefficient (Wildman–Crippen LogP) is 3.06. The number of aryl methyl sites for hydroxylation is 1. The Hall–Kier alpha value is -1.02. The van der Waals surface area contributed by atoms with Crippen LogP contribution >= 0.6 is 11.6 Å². The van der Waals surface area contributed by atoms with Gasteiger partial charge in [0, 0.05) is 18.3 Å². The van der Waals surface area contributed by atoms with Gasteiger partial charge in [-0.25, -0.2) is 0 Å². The van der Waals surface area contributed by atoms with Crippen LogP contribution in [0.3, 0.4) is 0 Å². The summed E-state index contributed by atoms with van der Waals surface area (Å²) in [6.45, 7) is 4.10. The minimum absolute atomic E-state index is 0.0882. The number of carbonyl (C=O) groups excluding carboxylic acids is 1. The number of nitrogens with one attached hydrogen (secondary N) is 1. The molecule has 1 atom stereocenters. The van der Waals surface area contributed by atoms with Crippen LogP contribution in [0.2, 0.25) is 0 Å². The van der Waals surface area contributed by atoms with Crippen LogP contribution in [0.4, 0.5) is 0 Å². The Morgan fingerprint density at radius 3 is 2.59 bits per heavy atom. The molecular weight excluding hydrogens is 234 g/mol. The van der Waals surface area contributed by atoms with Crippen LogP contribution in [0.5, 0.6) is 0 Å². The van der Waals surface area contributed by atoms with Crippen LogP contribution in [0.1, 0.15) is 30.9 Å². The van der Waals surface area contributed by atoms with E-state index >= 15 is 0 Å². The molecule has 0 fully saturated rings. The molecule has 1 aromatic carbocycles. The Balaban J connectivity index is 2.36. The van der Waals surface area contributed by atoms with E-state index in [-0.39, 0.29) is 11.9 Å². The zero-order valence-electron chi connectivity index (χ0n) is 10.5. The van der Waals surface area contributed by atoms with Crippen molar-refractivity contribution in [2.45, 2.75) is 39.2 Å². The molecule has 1 N–H and O–H groups in total. The van der Waals surface area contributed by atoms with Crippen molar-refractivity contribution in [1.29, 1.82) is 0 Å². The molecule has 0 aliphatic rings. The first-order chi connectivity index (χ1) is 8.11. The maximum absolute atomic E-state index is 11.5. The lowest BCUT2D eigenvalue weighted by molar-refractivity contribution is -0.121. The van der Waals surface area contributed by atoms with E-state index < -0.39 is 0 Å². The predicted molar refractivity (Wildman–Crippen MR) is 72.4 cm³/mol. The van der Waals surface area contributed by atoms with E-state index in [1.54, 1.807) is 0 Å². The number of carbonyl (C=O) groups is 1. The normalized spacial score (nSPS) is 12.2. The van der Waals surface area contributed by atoms with E-state index in [1.807, 2.05) is 6.92 Å². The number of alkyl halides is 1. The van der Waals surface area contributed by atoms with Crippen molar-refractivity contribution in [3.8, 4) is 0 Å². The summed E-state index contributed by atoms with van der Waals surface area (Å²) in [5, 5.41) is 2.98. The van der Waals surface area contributed by atoms with Crippen molar-refractivity contribution < 1.29 is 4.79 Å². The highest BCUT2D eigenvalue weighted by Crippen LogP contribution is 2.06.